The fourth-order valence-electron chi connectivity index (χ4n) is 3.21. The number of hydrogen-bond acceptors (Lipinski definition) is 5. The van der Waals surface area contributed by atoms with E-state index in [-0.39, 0.29) is 29.8 Å². The highest BCUT2D eigenvalue weighted by atomic mass is 32.2. The lowest BCUT2D eigenvalue weighted by Crippen LogP contribution is -2.34. The normalized spacial score (nSPS) is 17.0. The second kappa shape index (κ2) is 8.12. The second-order valence-electron chi connectivity index (χ2n) is 6.87. The Morgan fingerprint density at radius 2 is 1.86 bits per heavy atom. The molecule has 1 aliphatic heterocycles. The molecular formula is C20H23N3O4S. The maximum Gasteiger partial charge on any atom is 0.251 e. The van der Waals surface area contributed by atoms with Crippen molar-refractivity contribution in [1.82, 2.24) is 10.2 Å². The third-order valence-corrected chi connectivity index (χ3v) is 6.38. The van der Waals surface area contributed by atoms with Gasteiger partial charge in [-0.2, -0.15) is 0 Å². The van der Waals surface area contributed by atoms with Crippen LogP contribution in [0, 0.1) is 0 Å². The molecule has 0 spiro atoms. The molecule has 0 aromatic heterocycles. The molecule has 0 radical (unpaired) electrons. The van der Waals surface area contributed by atoms with Gasteiger partial charge in [0, 0.05) is 18.5 Å². The van der Waals surface area contributed by atoms with E-state index in [4.69, 9.17) is 0 Å². The van der Waals surface area contributed by atoms with Crippen LogP contribution in [0.5, 0.6) is 0 Å². The third-order valence-electron chi connectivity index (χ3n) is 4.69. The molecule has 148 valence electrons. The number of nitrogens with one attached hydrogen (secondary N) is 1. The van der Waals surface area contributed by atoms with Gasteiger partial charge in [0.1, 0.15) is 0 Å². The number of likely N-dealkylation sites (N-methyl/N-ethyl adjacent to an activating group) is 1. The molecule has 1 fully saturated rings. The number of amides is 2. The fourth-order valence-corrected chi connectivity index (χ4v) is 4.66. The second-order valence-corrected chi connectivity index (χ2v) is 8.81. The Labute approximate surface area is 165 Å². The Bertz CT molecular complexity index is 974. The maximum atomic E-state index is 12.6. The highest BCUT2D eigenvalue weighted by molar-refractivity contribution is 7.94. The van der Waals surface area contributed by atoms with E-state index in [2.05, 4.69) is 5.32 Å². The summed E-state index contributed by atoms with van der Waals surface area (Å²) in [6.07, 6.45) is -0.0413. The van der Waals surface area contributed by atoms with Crippen molar-refractivity contribution in [3.63, 3.8) is 0 Å². The van der Waals surface area contributed by atoms with Crippen LogP contribution in [-0.4, -0.2) is 51.5 Å². The monoisotopic (exact) mass is 401 g/mol. The lowest BCUT2D eigenvalue weighted by Gasteiger charge is -2.25. The molecule has 2 aromatic carbocycles. The molecule has 0 unspecified atom stereocenters. The zero-order valence-corrected chi connectivity index (χ0v) is 16.6. The molecule has 1 N–H and O–H groups in total. The molecule has 2 amide bonds. The van der Waals surface area contributed by atoms with Crippen molar-refractivity contribution in [2.75, 3.05) is 30.7 Å². The molecule has 1 saturated heterocycles. The molecule has 2 aromatic rings. The van der Waals surface area contributed by atoms with Gasteiger partial charge < -0.3 is 10.2 Å². The zero-order chi connectivity index (χ0) is 20.3. The van der Waals surface area contributed by atoms with E-state index in [0.717, 1.165) is 9.87 Å². The van der Waals surface area contributed by atoms with Gasteiger partial charge in [-0.15, -0.1) is 0 Å². The lowest BCUT2D eigenvalue weighted by atomic mass is 10.1. The summed E-state index contributed by atoms with van der Waals surface area (Å²) in [6, 6.07) is 16.0. The highest BCUT2D eigenvalue weighted by Gasteiger charge is 2.36. The number of nitrogens with zero attached hydrogens (tertiary/aromatic N) is 2. The molecule has 28 heavy (non-hydrogen) atoms. The van der Waals surface area contributed by atoms with Gasteiger partial charge in [0.15, 0.2) is 0 Å². The number of sulfonamides is 1. The zero-order valence-electron chi connectivity index (χ0n) is 15.8. The van der Waals surface area contributed by atoms with Gasteiger partial charge in [0.25, 0.3) is 5.91 Å². The standard InChI is InChI=1S/C20H23N3O4S/c1-22(2)18(15-7-4-3-5-8-15)14-21-20(25)16-9-6-10-17(13-16)23-19(24)11-12-28(23,26)27/h3-10,13,18H,11-12,14H2,1-2H3,(H,21,25)/t18-/m0/s1. The van der Waals surface area contributed by atoms with Crippen molar-refractivity contribution in [2.24, 2.45) is 0 Å². The van der Waals surface area contributed by atoms with Crippen LogP contribution in [-0.2, 0) is 14.8 Å². The highest BCUT2D eigenvalue weighted by Crippen LogP contribution is 2.26. The third kappa shape index (κ3) is 4.23. The van der Waals surface area contributed by atoms with Crippen LogP contribution >= 0.6 is 0 Å². The summed E-state index contributed by atoms with van der Waals surface area (Å²) in [4.78, 5) is 26.6. The Kier molecular flexibility index (Phi) is 5.81. The Morgan fingerprint density at radius 3 is 2.46 bits per heavy atom. The first-order chi connectivity index (χ1) is 13.3. The van der Waals surface area contributed by atoms with Crippen LogP contribution in [0.4, 0.5) is 5.69 Å². The Balaban J connectivity index is 1.75. The molecule has 0 aliphatic carbocycles. The van der Waals surface area contributed by atoms with Crippen molar-refractivity contribution in [1.29, 1.82) is 0 Å². The summed E-state index contributed by atoms with van der Waals surface area (Å²) in [5.41, 5.74) is 1.58. The van der Waals surface area contributed by atoms with Gasteiger partial charge in [-0.1, -0.05) is 36.4 Å². The summed E-state index contributed by atoms with van der Waals surface area (Å²) >= 11 is 0. The van der Waals surface area contributed by atoms with Gasteiger partial charge in [-0.25, -0.2) is 12.7 Å². The molecule has 1 atom stereocenters. The molecule has 3 rings (SSSR count). The van der Waals surface area contributed by atoms with Gasteiger partial charge in [-0.3, -0.25) is 9.59 Å². The van der Waals surface area contributed by atoms with Gasteiger partial charge in [0.2, 0.25) is 15.9 Å². The summed E-state index contributed by atoms with van der Waals surface area (Å²) in [5, 5.41) is 2.90. The van der Waals surface area contributed by atoms with E-state index >= 15 is 0 Å². The molecule has 8 heteroatoms. The first-order valence-corrected chi connectivity index (χ1v) is 10.6. The van der Waals surface area contributed by atoms with Crippen LogP contribution in [0.15, 0.2) is 54.6 Å². The van der Waals surface area contributed by atoms with Gasteiger partial charge in [-0.05, 0) is 37.9 Å². The van der Waals surface area contributed by atoms with Crippen LogP contribution in [0.3, 0.4) is 0 Å². The quantitative estimate of drug-likeness (QED) is 0.797. The number of rotatable bonds is 6. The Morgan fingerprint density at radius 1 is 1.14 bits per heavy atom. The molecule has 0 bridgehead atoms. The molecule has 1 heterocycles. The van der Waals surface area contributed by atoms with Crippen LogP contribution in [0.2, 0.25) is 0 Å². The first kappa shape index (κ1) is 20.0. The number of hydrogen-bond donors (Lipinski definition) is 1. The van der Waals surface area contributed by atoms with Crippen molar-refractivity contribution in [3.8, 4) is 0 Å². The fraction of sp³-hybridized carbons (Fsp3) is 0.300. The van der Waals surface area contributed by atoms with Crippen molar-refractivity contribution in [2.45, 2.75) is 12.5 Å². The minimum atomic E-state index is -3.66. The number of benzene rings is 2. The predicted molar refractivity (Wildman–Crippen MR) is 108 cm³/mol. The average molecular weight is 401 g/mol. The summed E-state index contributed by atoms with van der Waals surface area (Å²) in [5.74, 6) is -1.01. The van der Waals surface area contributed by atoms with E-state index in [0.29, 0.717) is 12.1 Å². The minimum Gasteiger partial charge on any atom is -0.350 e. The van der Waals surface area contributed by atoms with Crippen LogP contribution in [0.1, 0.15) is 28.4 Å². The molecular weight excluding hydrogens is 378 g/mol. The molecule has 1 aliphatic rings. The lowest BCUT2D eigenvalue weighted by molar-refractivity contribution is -0.116. The number of carbonyl (C=O) groups is 2. The van der Waals surface area contributed by atoms with Crippen molar-refractivity contribution < 1.29 is 18.0 Å². The van der Waals surface area contributed by atoms with Gasteiger partial charge >= 0.3 is 0 Å². The van der Waals surface area contributed by atoms with E-state index in [1.165, 1.54) is 12.1 Å². The Hall–Kier alpha value is -2.71. The number of carbonyl (C=O) groups excluding carboxylic acids is 2. The smallest absolute Gasteiger partial charge is 0.251 e. The maximum absolute atomic E-state index is 12.6. The summed E-state index contributed by atoms with van der Waals surface area (Å²) < 4.78 is 25.0. The van der Waals surface area contributed by atoms with E-state index < -0.39 is 15.9 Å². The summed E-state index contributed by atoms with van der Waals surface area (Å²) in [7, 11) is 0.218. The van der Waals surface area contributed by atoms with E-state index in [9.17, 15) is 18.0 Å². The predicted octanol–water partition coefficient (Wildman–Crippen LogP) is 1.79. The summed E-state index contributed by atoms with van der Waals surface area (Å²) in [6.45, 7) is 0.390. The molecule has 0 saturated carbocycles. The first-order valence-electron chi connectivity index (χ1n) is 8.95. The average Bonchev–Trinajstić information content (AvgIpc) is 2.95. The molecule has 7 nitrogen and oxygen atoms in total. The van der Waals surface area contributed by atoms with Crippen LogP contribution in [0.25, 0.3) is 0 Å². The van der Waals surface area contributed by atoms with Crippen molar-refractivity contribution in [3.05, 3.63) is 65.7 Å². The van der Waals surface area contributed by atoms with E-state index in [1.54, 1.807) is 12.1 Å². The van der Waals surface area contributed by atoms with Gasteiger partial charge in [0.05, 0.1) is 17.5 Å². The van der Waals surface area contributed by atoms with Crippen molar-refractivity contribution >= 4 is 27.5 Å². The SMILES string of the molecule is CN(C)[C@@H](CNC(=O)c1cccc(N2C(=O)CCS2(=O)=O)c1)c1ccccc1. The number of anilines is 1. The topological polar surface area (TPSA) is 86.8 Å². The van der Waals surface area contributed by atoms with E-state index in [1.807, 2.05) is 49.3 Å². The van der Waals surface area contributed by atoms with Crippen LogP contribution < -0.4 is 9.62 Å². The minimum absolute atomic E-state index is 0.00568. The largest absolute Gasteiger partial charge is 0.350 e.